The van der Waals surface area contributed by atoms with Crippen LogP contribution in [0.5, 0.6) is 0 Å². The van der Waals surface area contributed by atoms with Crippen LogP contribution in [-0.4, -0.2) is 34.6 Å². The van der Waals surface area contributed by atoms with Crippen LogP contribution < -0.4 is 0 Å². The van der Waals surface area contributed by atoms with E-state index in [-0.39, 0.29) is 18.0 Å². The fourth-order valence-corrected chi connectivity index (χ4v) is 4.16. The first kappa shape index (κ1) is 19.0. The molecule has 114 valence electrons. The third-order valence-corrected chi connectivity index (χ3v) is 4.54. The minimum atomic E-state index is -1.75. The molecule has 0 aliphatic heterocycles. The summed E-state index contributed by atoms with van der Waals surface area (Å²) in [5.41, 5.74) is 0. The van der Waals surface area contributed by atoms with Crippen LogP contribution in [0.15, 0.2) is 0 Å². The number of rotatable bonds is 9. The number of ketones is 1. The fourth-order valence-electron chi connectivity index (χ4n) is 1.93. The minimum absolute atomic E-state index is 0.0733. The zero-order valence-electron chi connectivity index (χ0n) is 14.0. The maximum Gasteiger partial charge on any atom is 0.184 e. The third kappa shape index (κ3) is 9.54. The Labute approximate surface area is 121 Å². The molecule has 0 bridgehead atoms. The van der Waals surface area contributed by atoms with Gasteiger partial charge in [0, 0.05) is 0 Å². The molecule has 0 saturated carbocycles. The van der Waals surface area contributed by atoms with Crippen LogP contribution in [0.3, 0.4) is 0 Å². The van der Waals surface area contributed by atoms with E-state index >= 15 is 0 Å². The van der Waals surface area contributed by atoms with E-state index in [1.807, 2.05) is 0 Å². The van der Waals surface area contributed by atoms with E-state index < -0.39 is 16.6 Å². The van der Waals surface area contributed by atoms with Crippen LogP contribution in [0.4, 0.5) is 0 Å². The Hall–Kier alpha value is 0.0238. The van der Waals surface area contributed by atoms with Gasteiger partial charge in [-0.15, -0.1) is 0 Å². The molecule has 0 aromatic heterocycles. The molecule has 0 rings (SSSR count). The predicted octanol–water partition coefficient (Wildman–Crippen LogP) is 4.21. The highest BCUT2D eigenvalue weighted by Gasteiger charge is 2.34. The van der Waals surface area contributed by atoms with Gasteiger partial charge in [-0.1, -0.05) is 19.8 Å². The number of unbranched alkanes of at least 4 members (excludes halogenated alkanes) is 1. The lowest BCUT2D eigenvalue weighted by molar-refractivity contribution is -0.128. The fraction of sp³-hybridized carbons (Fsp3) is 0.929. The van der Waals surface area contributed by atoms with Gasteiger partial charge in [0.2, 0.25) is 0 Å². The summed E-state index contributed by atoms with van der Waals surface area (Å²) in [4.78, 5) is 11.9. The summed E-state index contributed by atoms with van der Waals surface area (Å²) in [5.74, 6) is 0.0989. The van der Waals surface area contributed by atoms with Gasteiger partial charge in [-0.25, -0.2) is 0 Å². The van der Waals surface area contributed by atoms with Crippen molar-refractivity contribution < 1.29 is 13.6 Å². The van der Waals surface area contributed by atoms with Crippen LogP contribution in [0.25, 0.3) is 0 Å². The van der Waals surface area contributed by atoms with Crippen LogP contribution in [0.2, 0.25) is 39.3 Å². The van der Waals surface area contributed by atoms with Crippen molar-refractivity contribution in [3.8, 4) is 0 Å². The molecule has 0 unspecified atom stereocenters. The third-order valence-electron chi connectivity index (χ3n) is 2.57. The van der Waals surface area contributed by atoms with Crippen LogP contribution in [0, 0.1) is 0 Å². The topological polar surface area (TPSA) is 35.5 Å². The summed E-state index contributed by atoms with van der Waals surface area (Å²) in [7, 11) is -3.42. The highest BCUT2D eigenvalue weighted by Crippen LogP contribution is 2.21. The summed E-state index contributed by atoms with van der Waals surface area (Å²) < 4.78 is 12.3. The lowest BCUT2D eigenvalue weighted by Gasteiger charge is -2.35. The van der Waals surface area contributed by atoms with Crippen molar-refractivity contribution in [2.24, 2.45) is 0 Å². The van der Waals surface area contributed by atoms with Crippen LogP contribution in [-0.2, 0) is 13.6 Å². The standard InChI is InChI=1S/C14H32O3Si2/c1-9-10-11-13(16-18(3,4)5)14(12(2)15)17-19(6,7)8/h13-14H,9-11H2,1-8H3/t13-,14-/m1/s1. The molecule has 0 fully saturated rings. The van der Waals surface area contributed by atoms with Crippen molar-refractivity contribution in [1.29, 1.82) is 0 Å². The average Bonchev–Trinajstić information content (AvgIpc) is 2.17. The molecular weight excluding hydrogens is 272 g/mol. The Morgan fingerprint density at radius 3 is 1.79 bits per heavy atom. The number of Topliss-reactive ketones (excluding diaryl/α,β-unsaturated/α-hetero) is 1. The molecule has 3 nitrogen and oxygen atoms in total. The molecule has 0 aliphatic rings. The van der Waals surface area contributed by atoms with E-state index in [2.05, 4.69) is 46.2 Å². The Bertz CT molecular complexity index is 279. The first-order valence-electron chi connectivity index (χ1n) is 7.32. The highest BCUT2D eigenvalue weighted by atomic mass is 28.4. The lowest BCUT2D eigenvalue weighted by Crippen LogP contribution is -2.47. The normalized spacial score (nSPS) is 16.2. The molecule has 0 heterocycles. The molecule has 19 heavy (non-hydrogen) atoms. The molecule has 0 aliphatic carbocycles. The smallest absolute Gasteiger partial charge is 0.184 e. The number of hydrogen-bond donors (Lipinski definition) is 0. The number of hydrogen-bond acceptors (Lipinski definition) is 3. The van der Waals surface area contributed by atoms with Crippen molar-refractivity contribution in [2.45, 2.75) is 84.6 Å². The summed E-state index contributed by atoms with van der Waals surface area (Å²) in [6, 6.07) is 0. The van der Waals surface area contributed by atoms with E-state index in [0.29, 0.717) is 0 Å². The second kappa shape index (κ2) is 7.71. The first-order chi connectivity index (χ1) is 8.46. The maximum atomic E-state index is 11.9. The van der Waals surface area contributed by atoms with Crippen molar-refractivity contribution in [3.63, 3.8) is 0 Å². The predicted molar refractivity (Wildman–Crippen MR) is 86.6 cm³/mol. The van der Waals surface area contributed by atoms with Crippen LogP contribution >= 0.6 is 0 Å². The molecule has 2 atom stereocenters. The van der Waals surface area contributed by atoms with Crippen molar-refractivity contribution in [3.05, 3.63) is 0 Å². The van der Waals surface area contributed by atoms with Gasteiger partial charge in [0.1, 0.15) is 6.10 Å². The zero-order valence-corrected chi connectivity index (χ0v) is 16.0. The summed E-state index contributed by atoms with van der Waals surface area (Å²) >= 11 is 0. The van der Waals surface area contributed by atoms with Gasteiger partial charge in [-0.2, -0.15) is 0 Å². The van der Waals surface area contributed by atoms with Gasteiger partial charge in [-0.3, -0.25) is 4.79 Å². The molecule has 0 saturated heterocycles. The SMILES string of the molecule is CCCC[C@@H](O[Si](C)(C)C)[C@H](O[Si](C)(C)C)C(C)=O. The van der Waals surface area contributed by atoms with E-state index in [0.717, 1.165) is 19.3 Å². The Morgan fingerprint density at radius 1 is 1.00 bits per heavy atom. The summed E-state index contributed by atoms with van der Waals surface area (Å²) in [5, 5.41) is 0. The van der Waals surface area contributed by atoms with E-state index in [1.54, 1.807) is 6.92 Å². The van der Waals surface area contributed by atoms with Crippen molar-refractivity contribution in [2.75, 3.05) is 0 Å². The number of carbonyl (C=O) groups is 1. The quantitative estimate of drug-likeness (QED) is 0.599. The monoisotopic (exact) mass is 304 g/mol. The van der Waals surface area contributed by atoms with E-state index in [1.165, 1.54) is 0 Å². The van der Waals surface area contributed by atoms with Gasteiger partial charge in [-0.05, 0) is 52.6 Å². The maximum absolute atomic E-state index is 11.9. The molecule has 0 amide bonds. The Balaban J connectivity index is 4.96. The van der Waals surface area contributed by atoms with Gasteiger partial charge in [0.25, 0.3) is 0 Å². The zero-order chi connectivity index (χ0) is 15.3. The summed E-state index contributed by atoms with van der Waals surface area (Å²) in [6.07, 6.45) is 2.65. The molecular formula is C14H32O3Si2. The second-order valence-corrected chi connectivity index (χ2v) is 16.1. The van der Waals surface area contributed by atoms with Gasteiger partial charge in [0.05, 0.1) is 6.10 Å². The Kier molecular flexibility index (Phi) is 7.72. The van der Waals surface area contributed by atoms with Crippen LogP contribution in [0.1, 0.15) is 33.1 Å². The molecule has 5 heteroatoms. The minimum Gasteiger partial charge on any atom is -0.412 e. The molecule has 0 radical (unpaired) electrons. The van der Waals surface area contributed by atoms with Gasteiger partial charge < -0.3 is 8.85 Å². The lowest BCUT2D eigenvalue weighted by atomic mass is 10.1. The van der Waals surface area contributed by atoms with Crippen molar-refractivity contribution >= 4 is 22.4 Å². The Morgan fingerprint density at radius 2 is 1.47 bits per heavy atom. The highest BCUT2D eigenvalue weighted by molar-refractivity contribution is 6.70. The molecule has 0 N–H and O–H groups in total. The van der Waals surface area contributed by atoms with E-state index in [4.69, 9.17) is 8.85 Å². The van der Waals surface area contributed by atoms with E-state index in [9.17, 15) is 4.79 Å². The molecule has 0 aromatic rings. The largest absolute Gasteiger partial charge is 0.412 e. The van der Waals surface area contributed by atoms with Crippen molar-refractivity contribution in [1.82, 2.24) is 0 Å². The van der Waals surface area contributed by atoms with Gasteiger partial charge >= 0.3 is 0 Å². The number of carbonyl (C=O) groups excluding carboxylic acids is 1. The molecule has 0 spiro atoms. The average molecular weight is 305 g/mol. The summed E-state index contributed by atoms with van der Waals surface area (Å²) in [6.45, 7) is 16.6. The second-order valence-electron chi connectivity index (χ2n) is 7.17. The molecule has 0 aromatic carbocycles. The van der Waals surface area contributed by atoms with Gasteiger partial charge in [0.15, 0.2) is 22.4 Å². The first-order valence-corrected chi connectivity index (χ1v) is 14.1.